The molecule has 1 aromatic heterocycles. The normalized spacial score (nSPS) is 10.9. The first kappa shape index (κ1) is 14.3. The van der Waals surface area contributed by atoms with Gasteiger partial charge in [0.05, 0.1) is 16.6 Å². The molecule has 0 saturated carbocycles. The third-order valence-electron chi connectivity index (χ3n) is 3.57. The molecule has 0 aliphatic heterocycles. The summed E-state index contributed by atoms with van der Waals surface area (Å²) in [6.07, 6.45) is 0. The molecule has 5 heteroatoms. The predicted molar refractivity (Wildman–Crippen MR) is 81.5 cm³/mol. The van der Waals surface area contributed by atoms with Gasteiger partial charge in [0.15, 0.2) is 5.78 Å². The van der Waals surface area contributed by atoms with Crippen LogP contribution in [0.25, 0.3) is 11.0 Å². The molecule has 0 atom stereocenters. The van der Waals surface area contributed by atoms with Crippen molar-refractivity contribution in [2.24, 2.45) is 7.05 Å². The maximum atomic E-state index is 13.8. The molecule has 0 aliphatic carbocycles. The first-order valence-corrected chi connectivity index (χ1v) is 6.90. The van der Waals surface area contributed by atoms with Crippen LogP contribution in [-0.4, -0.2) is 15.3 Å². The van der Waals surface area contributed by atoms with Crippen molar-refractivity contribution in [1.29, 1.82) is 0 Å². The number of carbonyl (C=O) groups excluding carboxylic acids is 1. The fourth-order valence-corrected chi connectivity index (χ4v) is 2.34. The first-order valence-electron chi connectivity index (χ1n) is 6.90. The number of aryl methyl sites for hydroxylation is 1. The SMILES string of the molecule is CC(=O)c1ccc(OCc2nc3ccccc3n2C)cc1F. The summed E-state index contributed by atoms with van der Waals surface area (Å²) in [6, 6.07) is 12.0. The summed E-state index contributed by atoms with van der Waals surface area (Å²) in [5, 5.41) is 0. The number of benzene rings is 2. The average molecular weight is 298 g/mol. The van der Waals surface area contributed by atoms with Crippen LogP contribution in [-0.2, 0) is 13.7 Å². The second kappa shape index (κ2) is 5.60. The summed E-state index contributed by atoms with van der Waals surface area (Å²) >= 11 is 0. The number of halogens is 1. The number of ether oxygens (including phenoxy) is 1. The van der Waals surface area contributed by atoms with Gasteiger partial charge in [-0.2, -0.15) is 0 Å². The van der Waals surface area contributed by atoms with Gasteiger partial charge in [0.2, 0.25) is 0 Å². The van der Waals surface area contributed by atoms with Gasteiger partial charge in [0, 0.05) is 13.1 Å². The first-order chi connectivity index (χ1) is 10.6. The van der Waals surface area contributed by atoms with Gasteiger partial charge in [-0.25, -0.2) is 9.37 Å². The summed E-state index contributed by atoms with van der Waals surface area (Å²) in [4.78, 5) is 15.7. The Hall–Kier alpha value is -2.69. The molecular weight excluding hydrogens is 283 g/mol. The lowest BCUT2D eigenvalue weighted by atomic mass is 10.1. The maximum Gasteiger partial charge on any atom is 0.162 e. The van der Waals surface area contributed by atoms with E-state index < -0.39 is 5.82 Å². The molecule has 3 aromatic rings. The molecule has 0 saturated heterocycles. The van der Waals surface area contributed by atoms with Crippen molar-refractivity contribution >= 4 is 16.8 Å². The highest BCUT2D eigenvalue weighted by molar-refractivity contribution is 5.94. The van der Waals surface area contributed by atoms with E-state index in [0.29, 0.717) is 5.75 Å². The highest BCUT2D eigenvalue weighted by Gasteiger charge is 2.10. The highest BCUT2D eigenvalue weighted by Crippen LogP contribution is 2.20. The lowest BCUT2D eigenvalue weighted by Gasteiger charge is -2.07. The second-order valence-electron chi connectivity index (χ2n) is 5.06. The largest absolute Gasteiger partial charge is 0.486 e. The molecular formula is C17H15FN2O2. The Balaban J connectivity index is 1.81. The molecule has 0 bridgehead atoms. The Morgan fingerprint density at radius 2 is 2.05 bits per heavy atom. The number of aromatic nitrogens is 2. The van der Waals surface area contributed by atoms with Gasteiger partial charge in [0.25, 0.3) is 0 Å². The van der Waals surface area contributed by atoms with Crippen molar-refractivity contribution in [3.63, 3.8) is 0 Å². The van der Waals surface area contributed by atoms with Crippen LogP contribution < -0.4 is 4.74 Å². The highest BCUT2D eigenvalue weighted by atomic mass is 19.1. The quantitative estimate of drug-likeness (QED) is 0.692. The minimum Gasteiger partial charge on any atom is -0.486 e. The van der Waals surface area contributed by atoms with Crippen molar-refractivity contribution in [3.05, 3.63) is 59.7 Å². The predicted octanol–water partition coefficient (Wildman–Crippen LogP) is 3.49. The summed E-state index contributed by atoms with van der Waals surface area (Å²) in [5.74, 6) is 0.237. The number of hydrogen-bond donors (Lipinski definition) is 0. The van der Waals surface area contributed by atoms with E-state index in [1.807, 2.05) is 35.9 Å². The number of Topliss-reactive ketones (excluding diaryl/α,β-unsaturated/α-hetero) is 1. The van der Waals surface area contributed by atoms with Crippen LogP contribution in [0.5, 0.6) is 5.75 Å². The Bertz CT molecular complexity index is 855. The van der Waals surface area contributed by atoms with Crippen LogP contribution in [0.3, 0.4) is 0 Å². The zero-order valence-corrected chi connectivity index (χ0v) is 12.3. The third kappa shape index (κ3) is 2.57. The minimum atomic E-state index is -0.574. The van der Waals surface area contributed by atoms with Gasteiger partial charge in [-0.15, -0.1) is 0 Å². The zero-order chi connectivity index (χ0) is 15.7. The number of fused-ring (bicyclic) bond motifs is 1. The third-order valence-corrected chi connectivity index (χ3v) is 3.57. The fraction of sp³-hybridized carbons (Fsp3) is 0.176. The maximum absolute atomic E-state index is 13.8. The van der Waals surface area contributed by atoms with E-state index in [1.165, 1.54) is 19.1 Å². The molecule has 4 nitrogen and oxygen atoms in total. The van der Waals surface area contributed by atoms with E-state index in [4.69, 9.17) is 4.74 Å². The summed E-state index contributed by atoms with van der Waals surface area (Å²) < 4.78 is 21.3. The topological polar surface area (TPSA) is 44.1 Å². The molecule has 0 N–H and O–H groups in total. The summed E-state index contributed by atoms with van der Waals surface area (Å²) in [7, 11) is 1.91. The Morgan fingerprint density at radius 1 is 1.27 bits per heavy atom. The van der Waals surface area contributed by atoms with Crippen molar-refractivity contribution < 1.29 is 13.9 Å². The number of ketones is 1. The molecule has 3 rings (SSSR count). The Kier molecular flexibility index (Phi) is 3.63. The van der Waals surface area contributed by atoms with Crippen LogP contribution in [0.2, 0.25) is 0 Å². The molecule has 0 spiro atoms. The van der Waals surface area contributed by atoms with E-state index in [0.717, 1.165) is 16.9 Å². The summed E-state index contributed by atoms with van der Waals surface area (Å²) in [6.45, 7) is 1.56. The molecule has 1 heterocycles. The second-order valence-corrected chi connectivity index (χ2v) is 5.06. The smallest absolute Gasteiger partial charge is 0.162 e. The van der Waals surface area contributed by atoms with Crippen LogP contribution in [0.15, 0.2) is 42.5 Å². The number of para-hydroxylation sites is 2. The Labute approximate surface area is 127 Å². The van der Waals surface area contributed by atoms with Gasteiger partial charge >= 0.3 is 0 Å². The molecule has 0 aliphatic rings. The van der Waals surface area contributed by atoms with Crippen LogP contribution in [0.1, 0.15) is 23.1 Å². The van der Waals surface area contributed by atoms with E-state index in [9.17, 15) is 9.18 Å². The molecule has 0 amide bonds. The lowest BCUT2D eigenvalue weighted by Crippen LogP contribution is -2.04. The van der Waals surface area contributed by atoms with Crippen LogP contribution >= 0.6 is 0 Å². The lowest BCUT2D eigenvalue weighted by molar-refractivity contribution is 0.101. The van der Waals surface area contributed by atoms with Gasteiger partial charge in [-0.3, -0.25) is 4.79 Å². The number of rotatable bonds is 4. The van der Waals surface area contributed by atoms with Gasteiger partial charge in [-0.1, -0.05) is 12.1 Å². The minimum absolute atomic E-state index is 0.0649. The number of imidazole rings is 1. The summed E-state index contributed by atoms with van der Waals surface area (Å²) in [5.41, 5.74) is 1.97. The van der Waals surface area contributed by atoms with Gasteiger partial charge in [0.1, 0.15) is 24.0 Å². The van der Waals surface area contributed by atoms with Crippen molar-refractivity contribution in [2.75, 3.05) is 0 Å². The van der Waals surface area contributed by atoms with Crippen LogP contribution in [0, 0.1) is 5.82 Å². The molecule has 22 heavy (non-hydrogen) atoms. The molecule has 0 radical (unpaired) electrons. The number of carbonyl (C=O) groups is 1. The monoisotopic (exact) mass is 298 g/mol. The van der Waals surface area contributed by atoms with Gasteiger partial charge < -0.3 is 9.30 Å². The van der Waals surface area contributed by atoms with Gasteiger partial charge in [-0.05, 0) is 31.2 Å². The van der Waals surface area contributed by atoms with E-state index in [2.05, 4.69) is 4.98 Å². The fourth-order valence-electron chi connectivity index (χ4n) is 2.34. The van der Waals surface area contributed by atoms with E-state index in [-0.39, 0.29) is 18.0 Å². The number of hydrogen-bond acceptors (Lipinski definition) is 3. The average Bonchev–Trinajstić information content (AvgIpc) is 2.82. The van der Waals surface area contributed by atoms with Crippen molar-refractivity contribution in [3.8, 4) is 5.75 Å². The zero-order valence-electron chi connectivity index (χ0n) is 12.3. The molecule has 0 unspecified atom stereocenters. The van der Waals surface area contributed by atoms with E-state index >= 15 is 0 Å². The van der Waals surface area contributed by atoms with Crippen molar-refractivity contribution in [1.82, 2.24) is 9.55 Å². The molecule has 2 aromatic carbocycles. The number of nitrogens with zero attached hydrogens (tertiary/aromatic N) is 2. The standard InChI is InChI=1S/C17H15FN2O2/c1-11(21)13-8-7-12(9-14(13)18)22-10-17-19-15-5-3-4-6-16(15)20(17)2/h3-9H,10H2,1-2H3. The van der Waals surface area contributed by atoms with Crippen LogP contribution in [0.4, 0.5) is 4.39 Å². The van der Waals surface area contributed by atoms with E-state index in [1.54, 1.807) is 6.07 Å². The van der Waals surface area contributed by atoms with Crippen molar-refractivity contribution in [2.45, 2.75) is 13.5 Å². The molecule has 112 valence electrons. The Morgan fingerprint density at radius 3 is 2.73 bits per heavy atom. The molecule has 0 fully saturated rings.